The minimum atomic E-state index is -0.368. The van der Waals surface area contributed by atoms with Gasteiger partial charge in [0.2, 0.25) is 11.2 Å². The number of hydrogen-bond acceptors (Lipinski definition) is 2. The molecule has 0 bridgehead atoms. The van der Waals surface area contributed by atoms with E-state index in [1.807, 2.05) is 12.1 Å². The fourth-order valence-electron chi connectivity index (χ4n) is 4.99. The molecule has 4 aromatic carbocycles. The van der Waals surface area contributed by atoms with E-state index < -0.39 is 0 Å². The molecule has 0 aliphatic carbocycles. The van der Waals surface area contributed by atoms with Crippen LogP contribution in [0.1, 0.15) is 22.5 Å². The molecule has 0 amide bonds. The van der Waals surface area contributed by atoms with Crippen LogP contribution in [0.15, 0.2) is 115 Å². The van der Waals surface area contributed by atoms with Gasteiger partial charge >= 0.3 is 5.82 Å². The van der Waals surface area contributed by atoms with Gasteiger partial charge in [0, 0.05) is 23.8 Å². The van der Waals surface area contributed by atoms with Gasteiger partial charge in [0.05, 0.1) is 10.5 Å². The summed E-state index contributed by atoms with van der Waals surface area (Å²) >= 11 is 0. The van der Waals surface area contributed by atoms with Crippen molar-refractivity contribution in [3.05, 3.63) is 148 Å². The van der Waals surface area contributed by atoms with Gasteiger partial charge in [-0.2, -0.15) is 0 Å². The molecule has 0 spiro atoms. The average molecular weight is 470 g/mol. The molecule has 5 nitrogen and oxygen atoms in total. The van der Waals surface area contributed by atoms with Gasteiger partial charge in [-0.15, -0.1) is 9.13 Å². The van der Waals surface area contributed by atoms with Crippen molar-refractivity contribution >= 4 is 39.5 Å². The lowest BCUT2D eigenvalue weighted by molar-refractivity contribution is -0.753. The first-order valence-corrected chi connectivity index (χ1v) is 11.8. The molecule has 5 heteroatoms. The van der Waals surface area contributed by atoms with Gasteiger partial charge < -0.3 is 0 Å². The first-order valence-electron chi connectivity index (χ1n) is 11.8. The van der Waals surface area contributed by atoms with Crippen LogP contribution in [0.3, 0.4) is 0 Å². The number of nitro groups is 1. The zero-order chi connectivity index (χ0) is 24.6. The number of aryl methyl sites for hydroxylation is 1. The molecule has 6 rings (SSSR count). The fourth-order valence-corrected chi connectivity index (χ4v) is 4.99. The van der Waals surface area contributed by atoms with Crippen molar-refractivity contribution in [1.29, 1.82) is 0 Å². The van der Waals surface area contributed by atoms with Crippen molar-refractivity contribution < 1.29 is 14.1 Å². The Morgan fingerprint density at radius 2 is 1.36 bits per heavy atom. The molecule has 0 saturated heterocycles. The molecular formula is C31H23N3O2+2. The summed E-state index contributed by atoms with van der Waals surface area (Å²) in [4.78, 5) is 10.8. The lowest BCUT2D eigenvalue weighted by Crippen LogP contribution is -2.48. The van der Waals surface area contributed by atoms with E-state index in [0.29, 0.717) is 0 Å². The molecule has 1 aliphatic rings. The maximum atomic E-state index is 11.2. The van der Waals surface area contributed by atoms with Crippen molar-refractivity contribution in [3.8, 4) is 0 Å². The molecule has 0 fully saturated rings. The number of para-hydroxylation sites is 1. The minimum Gasteiger partial charge on any atom is -0.258 e. The normalized spacial score (nSPS) is 13.9. The molecule has 1 aromatic heterocycles. The van der Waals surface area contributed by atoms with E-state index in [-0.39, 0.29) is 10.6 Å². The number of benzene rings is 4. The standard InChI is InChI=1S/C31H23N3O2/c1-32-28-15-9-8-14-25(28)21-33-30(24-12-6-3-7-13-24)29(23-10-4-2-5-11-23)27(31(32)33)20-22-16-18-26(19-17-22)34(35)36/h2-21H,1H3/q+2. The molecule has 172 valence electrons. The van der Waals surface area contributed by atoms with Crippen molar-refractivity contribution in [2.45, 2.75) is 0 Å². The number of hydrogen-bond donors (Lipinski definition) is 0. The number of fused-ring (bicyclic) bond motifs is 2. The van der Waals surface area contributed by atoms with E-state index in [2.05, 4.69) is 101 Å². The predicted octanol–water partition coefficient (Wildman–Crippen LogP) is 5.83. The molecule has 0 atom stereocenters. The lowest BCUT2D eigenvalue weighted by Gasteiger charge is -2.04. The maximum Gasteiger partial charge on any atom is 0.458 e. The second-order valence-electron chi connectivity index (χ2n) is 8.80. The molecular weight excluding hydrogens is 446 g/mol. The van der Waals surface area contributed by atoms with Crippen LogP contribution >= 0.6 is 0 Å². The quantitative estimate of drug-likeness (QED) is 0.189. The molecule has 36 heavy (non-hydrogen) atoms. The second-order valence-corrected chi connectivity index (χ2v) is 8.80. The molecule has 0 radical (unpaired) electrons. The first-order chi connectivity index (χ1) is 17.6. The summed E-state index contributed by atoms with van der Waals surface area (Å²) in [5.41, 5.74) is 7.61. The highest BCUT2D eigenvalue weighted by atomic mass is 16.6. The summed E-state index contributed by atoms with van der Waals surface area (Å²) in [7, 11) is 2.09. The molecule has 0 unspecified atom stereocenters. The van der Waals surface area contributed by atoms with Gasteiger partial charge in [0.1, 0.15) is 18.0 Å². The van der Waals surface area contributed by atoms with Crippen LogP contribution in [-0.2, 0) is 7.05 Å². The van der Waals surface area contributed by atoms with Crippen LogP contribution in [0.25, 0.3) is 33.8 Å². The van der Waals surface area contributed by atoms with Gasteiger partial charge in [0.25, 0.3) is 5.69 Å². The largest absolute Gasteiger partial charge is 0.458 e. The van der Waals surface area contributed by atoms with Crippen LogP contribution in [0.4, 0.5) is 5.69 Å². The van der Waals surface area contributed by atoms with Crippen LogP contribution in [0.5, 0.6) is 0 Å². The van der Waals surface area contributed by atoms with E-state index >= 15 is 0 Å². The van der Waals surface area contributed by atoms with Gasteiger partial charge in [0.15, 0.2) is 6.20 Å². The molecule has 1 aliphatic heterocycles. The summed E-state index contributed by atoms with van der Waals surface area (Å²) in [5.74, 6) is 1.05. The number of nitro benzene ring substituents is 1. The number of allylic oxidation sites excluding steroid dienone is 2. The Bertz CT molecular complexity index is 1690. The van der Waals surface area contributed by atoms with E-state index in [4.69, 9.17) is 0 Å². The van der Waals surface area contributed by atoms with Gasteiger partial charge in [-0.05, 0) is 47.5 Å². The Labute approximate surface area is 208 Å². The number of aromatic nitrogens is 2. The highest BCUT2D eigenvalue weighted by Gasteiger charge is 2.44. The van der Waals surface area contributed by atoms with E-state index in [9.17, 15) is 10.1 Å². The third-order valence-electron chi connectivity index (χ3n) is 6.62. The predicted molar refractivity (Wildman–Crippen MR) is 141 cm³/mol. The summed E-state index contributed by atoms with van der Waals surface area (Å²) in [6.07, 6.45) is 4.33. The second kappa shape index (κ2) is 8.71. The Kier molecular flexibility index (Phi) is 5.23. The van der Waals surface area contributed by atoms with Gasteiger partial charge in [-0.3, -0.25) is 10.1 Å². The number of rotatable bonds is 4. The lowest BCUT2D eigenvalue weighted by atomic mass is 9.94. The third kappa shape index (κ3) is 3.58. The van der Waals surface area contributed by atoms with Gasteiger partial charge in [-0.25, -0.2) is 0 Å². The van der Waals surface area contributed by atoms with Crippen molar-refractivity contribution in [1.82, 2.24) is 0 Å². The van der Waals surface area contributed by atoms with Crippen LogP contribution in [0.2, 0.25) is 0 Å². The summed E-state index contributed by atoms with van der Waals surface area (Å²) in [6.45, 7) is 0. The summed E-state index contributed by atoms with van der Waals surface area (Å²) < 4.78 is 4.50. The van der Waals surface area contributed by atoms with Crippen LogP contribution in [0, 0.1) is 10.1 Å². The number of non-ortho nitro benzene ring substituents is 1. The van der Waals surface area contributed by atoms with Crippen LogP contribution < -0.4 is 9.13 Å². The van der Waals surface area contributed by atoms with Crippen molar-refractivity contribution in [3.63, 3.8) is 0 Å². The van der Waals surface area contributed by atoms with E-state index in [1.54, 1.807) is 24.3 Å². The molecule has 2 heterocycles. The monoisotopic (exact) mass is 469 g/mol. The van der Waals surface area contributed by atoms with Crippen molar-refractivity contribution in [2.75, 3.05) is 0 Å². The third-order valence-corrected chi connectivity index (χ3v) is 6.62. The van der Waals surface area contributed by atoms with E-state index in [1.165, 1.54) is 0 Å². The highest BCUT2D eigenvalue weighted by molar-refractivity contribution is 6.18. The SMILES string of the molecule is C[n+]1c2[n+](cc3ccccc31)C(c1ccccc1)=C(c1ccccc1)C2=Cc1ccc([N+](=O)[O-])cc1. The minimum absolute atomic E-state index is 0.0821. The zero-order valence-electron chi connectivity index (χ0n) is 19.7. The molecule has 0 saturated carbocycles. The topological polar surface area (TPSA) is 50.9 Å². The van der Waals surface area contributed by atoms with Crippen LogP contribution in [-0.4, -0.2) is 4.92 Å². The van der Waals surface area contributed by atoms with Crippen molar-refractivity contribution in [2.24, 2.45) is 7.05 Å². The zero-order valence-corrected chi connectivity index (χ0v) is 19.7. The Balaban J connectivity index is 1.71. The summed E-state index contributed by atoms with van der Waals surface area (Å²) in [6, 6.07) is 35.9. The van der Waals surface area contributed by atoms with Gasteiger partial charge in [-0.1, -0.05) is 60.7 Å². The Morgan fingerprint density at radius 1 is 0.750 bits per heavy atom. The first kappa shape index (κ1) is 21.6. The fraction of sp³-hybridized carbons (Fsp3) is 0.0323. The number of nitrogens with zero attached hydrogens (tertiary/aromatic N) is 3. The average Bonchev–Trinajstić information content (AvgIpc) is 3.24. The maximum absolute atomic E-state index is 11.2. The highest BCUT2D eigenvalue weighted by Crippen LogP contribution is 2.40. The smallest absolute Gasteiger partial charge is 0.258 e. The Morgan fingerprint density at radius 3 is 2.03 bits per heavy atom. The summed E-state index contributed by atoms with van der Waals surface area (Å²) in [5, 5.41) is 12.3. The molecule has 0 N–H and O–H groups in total. The molecule has 5 aromatic rings. The van der Waals surface area contributed by atoms with E-state index in [0.717, 1.165) is 50.3 Å². The Hall–Kier alpha value is -4.90.